The molecule has 4 heteroatoms. The van der Waals surface area contributed by atoms with E-state index < -0.39 is 0 Å². The molecule has 106 valence electrons. The standard InChI is InChI=1S/C16H21N3O/c1-4-20-16-12(2)14(18-11-19-16)10-15(17-3)13-8-6-5-7-9-13/h5-9,11,15,17H,4,10H2,1-3H3. The van der Waals surface area contributed by atoms with E-state index in [1.807, 2.05) is 27.0 Å². The minimum Gasteiger partial charge on any atom is -0.478 e. The Labute approximate surface area is 120 Å². The molecule has 0 bridgehead atoms. The van der Waals surface area contributed by atoms with Gasteiger partial charge in [-0.1, -0.05) is 30.3 Å². The lowest BCUT2D eigenvalue weighted by Crippen LogP contribution is -2.20. The van der Waals surface area contributed by atoms with Crippen molar-refractivity contribution in [3.8, 4) is 5.88 Å². The van der Waals surface area contributed by atoms with Crippen molar-refractivity contribution in [3.05, 3.63) is 53.5 Å². The molecule has 1 aromatic heterocycles. The van der Waals surface area contributed by atoms with Crippen LogP contribution in [0.2, 0.25) is 0 Å². The average Bonchev–Trinajstić information content (AvgIpc) is 2.49. The number of nitrogens with zero attached hydrogens (tertiary/aromatic N) is 2. The summed E-state index contributed by atoms with van der Waals surface area (Å²) in [7, 11) is 1.97. The normalized spacial score (nSPS) is 12.2. The Bertz CT molecular complexity index is 543. The van der Waals surface area contributed by atoms with Gasteiger partial charge >= 0.3 is 0 Å². The van der Waals surface area contributed by atoms with Gasteiger partial charge in [-0.05, 0) is 26.5 Å². The van der Waals surface area contributed by atoms with Gasteiger partial charge in [0.1, 0.15) is 6.33 Å². The van der Waals surface area contributed by atoms with Gasteiger partial charge in [0.2, 0.25) is 5.88 Å². The quantitative estimate of drug-likeness (QED) is 0.877. The predicted molar refractivity (Wildman–Crippen MR) is 79.9 cm³/mol. The maximum absolute atomic E-state index is 5.53. The maximum atomic E-state index is 5.53. The number of aromatic nitrogens is 2. The fourth-order valence-corrected chi connectivity index (χ4v) is 2.22. The van der Waals surface area contributed by atoms with Crippen LogP contribution < -0.4 is 10.1 Å². The van der Waals surface area contributed by atoms with Crippen LogP contribution in [0.5, 0.6) is 5.88 Å². The van der Waals surface area contributed by atoms with Gasteiger partial charge in [0, 0.05) is 18.0 Å². The second kappa shape index (κ2) is 7.01. The van der Waals surface area contributed by atoms with Crippen molar-refractivity contribution in [2.24, 2.45) is 0 Å². The van der Waals surface area contributed by atoms with Crippen molar-refractivity contribution >= 4 is 0 Å². The number of likely N-dealkylation sites (N-methyl/N-ethyl adjacent to an activating group) is 1. The molecule has 20 heavy (non-hydrogen) atoms. The summed E-state index contributed by atoms with van der Waals surface area (Å²) in [5.74, 6) is 0.681. The summed E-state index contributed by atoms with van der Waals surface area (Å²) in [6, 6.07) is 10.6. The molecular weight excluding hydrogens is 250 g/mol. The summed E-state index contributed by atoms with van der Waals surface area (Å²) < 4.78 is 5.53. The Hall–Kier alpha value is -1.94. The molecule has 1 heterocycles. The van der Waals surface area contributed by atoms with Crippen LogP contribution in [0.1, 0.15) is 29.8 Å². The van der Waals surface area contributed by atoms with Crippen molar-refractivity contribution in [2.75, 3.05) is 13.7 Å². The van der Waals surface area contributed by atoms with Crippen molar-refractivity contribution in [2.45, 2.75) is 26.3 Å². The van der Waals surface area contributed by atoms with Crippen LogP contribution in [0, 0.1) is 6.92 Å². The Morgan fingerprint density at radius 3 is 2.60 bits per heavy atom. The molecule has 0 fully saturated rings. The smallest absolute Gasteiger partial charge is 0.219 e. The largest absolute Gasteiger partial charge is 0.478 e. The molecular formula is C16H21N3O. The minimum atomic E-state index is 0.235. The molecule has 2 aromatic rings. The fraction of sp³-hybridized carbons (Fsp3) is 0.375. The molecule has 1 aromatic carbocycles. The SMILES string of the molecule is CCOc1ncnc(CC(NC)c2ccccc2)c1C. The van der Waals surface area contributed by atoms with Crippen LogP contribution in [0.4, 0.5) is 0 Å². The Balaban J connectivity index is 2.22. The van der Waals surface area contributed by atoms with Gasteiger partial charge in [-0.15, -0.1) is 0 Å². The van der Waals surface area contributed by atoms with Gasteiger partial charge in [0.15, 0.2) is 0 Å². The lowest BCUT2D eigenvalue weighted by atomic mass is 10.0. The highest BCUT2D eigenvalue weighted by molar-refractivity contribution is 5.30. The summed E-state index contributed by atoms with van der Waals surface area (Å²) in [5.41, 5.74) is 3.29. The first kappa shape index (κ1) is 14.5. The topological polar surface area (TPSA) is 47.0 Å². The van der Waals surface area contributed by atoms with Crippen LogP contribution in [-0.4, -0.2) is 23.6 Å². The van der Waals surface area contributed by atoms with Gasteiger partial charge in [0.05, 0.1) is 12.3 Å². The number of rotatable bonds is 6. The minimum absolute atomic E-state index is 0.235. The molecule has 2 rings (SSSR count). The summed E-state index contributed by atoms with van der Waals surface area (Å²) in [6.45, 7) is 4.59. The first-order chi connectivity index (χ1) is 9.76. The molecule has 1 atom stereocenters. The first-order valence-electron chi connectivity index (χ1n) is 6.91. The van der Waals surface area contributed by atoms with Crippen LogP contribution in [0.15, 0.2) is 36.7 Å². The van der Waals surface area contributed by atoms with Gasteiger partial charge in [-0.25, -0.2) is 9.97 Å². The lowest BCUT2D eigenvalue weighted by Gasteiger charge is -2.18. The van der Waals surface area contributed by atoms with Crippen molar-refractivity contribution in [1.82, 2.24) is 15.3 Å². The van der Waals surface area contributed by atoms with E-state index in [1.54, 1.807) is 6.33 Å². The van der Waals surface area contributed by atoms with Crippen LogP contribution >= 0.6 is 0 Å². The fourth-order valence-electron chi connectivity index (χ4n) is 2.22. The van der Waals surface area contributed by atoms with E-state index in [4.69, 9.17) is 4.74 Å². The van der Waals surface area contributed by atoms with E-state index >= 15 is 0 Å². The highest BCUT2D eigenvalue weighted by Crippen LogP contribution is 2.22. The van der Waals surface area contributed by atoms with Gasteiger partial charge in [0.25, 0.3) is 0 Å². The third kappa shape index (κ3) is 3.33. The number of benzene rings is 1. The highest BCUT2D eigenvalue weighted by atomic mass is 16.5. The molecule has 0 spiro atoms. The number of nitrogens with one attached hydrogen (secondary N) is 1. The molecule has 0 aliphatic carbocycles. The molecule has 0 radical (unpaired) electrons. The summed E-state index contributed by atoms with van der Waals surface area (Å²) in [4.78, 5) is 8.58. The van der Waals surface area contributed by atoms with Gasteiger partial charge in [-0.3, -0.25) is 0 Å². The monoisotopic (exact) mass is 271 g/mol. The second-order valence-electron chi connectivity index (χ2n) is 4.64. The number of ether oxygens (including phenoxy) is 1. The Kier molecular flexibility index (Phi) is 5.07. The van der Waals surface area contributed by atoms with Crippen molar-refractivity contribution in [3.63, 3.8) is 0 Å². The van der Waals surface area contributed by atoms with Gasteiger partial charge in [-0.2, -0.15) is 0 Å². The third-order valence-electron chi connectivity index (χ3n) is 3.37. The summed E-state index contributed by atoms with van der Waals surface area (Å²) >= 11 is 0. The van der Waals surface area contributed by atoms with E-state index in [2.05, 4.69) is 39.6 Å². The molecule has 1 N–H and O–H groups in total. The van der Waals surface area contributed by atoms with E-state index in [1.165, 1.54) is 5.56 Å². The second-order valence-corrected chi connectivity index (χ2v) is 4.64. The van der Waals surface area contributed by atoms with Crippen LogP contribution in [0.3, 0.4) is 0 Å². The lowest BCUT2D eigenvalue weighted by molar-refractivity contribution is 0.322. The average molecular weight is 271 g/mol. The van der Waals surface area contributed by atoms with E-state index in [-0.39, 0.29) is 6.04 Å². The molecule has 0 saturated heterocycles. The first-order valence-corrected chi connectivity index (χ1v) is 6.91. The molecule has 0 aliphatic rings. The molecule has 1 unspecified atom stereocenters. The summed E-state index contributed by atoms with van der Waals surface area (Å²) in [6.07, 6.45) is 2.39. The van der Waals surface area contributed by atoms with Crippen molar-refractivity contribution < 1.29 is 4.74 Å². The molecule has 0 aliphatic heterocycles. The summed E-state index contributed by atoms with van der Waals surface area (Å²) in [5, 5.41) is 3.34. The van der Waals surface area contributed by atoms with E-state index in [9.17, 15) is 0 Å². The molecule has 0 saturated carbocycles. The maximum Gasteiger partial charge on any atom is 0.219 e. The van der Waals surface area contributed by atoms with Crippen molar-refractivity contribution in [1.29, 1.82) is 0 Å². The van der Waals surface area contributed by atoms with E-state index in [0.29, 0.717) is 12.5 Å². The zero-order valence-electron chi connectivity index (χ0n) is 12.3. The Morgan fingerprint density at radius 2 is 1.95 bits per heavy atom. The van der Waals surface area contributed by atoms with Gasteiger partial charge < -0.3 is 10.1 Å². The third-order valence-corrected chi connectivity index (χ3v) is 3.37. The molecule has 4 nitrogen and oxygen atoms in total. The molecule has 0 amide bonds. The highest BCUT2D eigenvalue weighted by Gasteiger charge is 2.14. The zero-order chi connectivity index (χ0) is 14.4. The van der Waals surface area contributed by atoms with E-state index in [0.717, 1.165) is 17.7 Å². The van der Waals surface area contributed by atoms with Crippen LogP contribution in [-0.2, 0) is 6.42 Å². The van der Waals surface area contributed by atoms with Crippen LogP contribution in [0.25, 0.3) is 0 Å². The zero-order valence-corrected chi connectivity index (χ0v) is 12.3. The number of hydrogen-bond donors (Lipinski definition) is 1. The Morgan fingerprint density at radius 1 is 1.20 bits per heavy atom. The number of hydrogen-bond acceptors (Lipinski definition) is 4. The predicted octanol–water partition coefficient (Wildman–Crippen LogP) is 2.69.